The van der Waals surface area contributed by atoms with E-state index < -0.39 is 6.16 Å². The number of hydrogen-bond acceptors (Lipinski definition) is 4. The van der Waals surface area contributed by atoms with Crippen molar-refractivity contribution in [3.63, 3.8) is 0 Å². The summed E-state index contributed by atoms with van der Waals surface area (Å²) in [6, 6.07) is 0. The number of hydrogen-bond donors (Lipinski definition) is 1. The molecule has 1 atom stereocenters. The molecule has 1 unspecified atom stereocenters. The SMILES string of the molecule is CNCCC1COC(=O)O1. The van der Waals surface area contributed by atoms with Gasteiger partial charge in [0.15, 0.2) is 0 Å². The van der Waals surface area contributed by atoms with Gasteiger partial charge in [-0.3, -0.25) is 0 Å². The zero-order valence-corrected chi connectivity index (χ0v) is 5.92. The van der Waals surface area contributed by atoms with E-state index in [0.717, 1.165) is 13.0 Å². The van der Waals surface area contributed by atoms with Crippen molar-refractivity contribution in [1.82, 2.24) is 5.32 Å². The van der Waals surface area contributed by atoms with Gasteiger partial charge in [-0.25, -0.2) is 4.79 Å². The fourth-order valence-electron chi connectivity index (χ4n) is 0.813. The highest BCUT2D eigenvalue weighted by atomic mass is 16.8. The number of nitrogens with one attached hydrogen (secondary N) is 1. The van der Waals surface area contributed by atoms with Crippen molar-refractivity contribution < 1.29 is 14.3 Å². The van der Waals surface area contributed by atoms with Crippen LogP contribution in [0.25, 0.3) is 0 Å². The van der Waals surface area contributed by atoms with E-state index in [-0.39, 0.29) is 6.10 Å². The Labute approximate surface area is 59.5 Å². The minimum atomic E-state index is -0.541. The third-order valence-corrected chi connectivity index (χ3v) is 1.37. The fraction of sp³-hybridized carbons (Fsp3) is 0.833. The Balaban J connectivity index is 2.12. The molecule has 0 aliphatic carbocycles. The van der Waals surface area contributed by atoms with E-state index in [1.807, 2.05) is 7.05 Å². The van der Waals surface area contributed by atoms with Gasteiger partial charge in [0.25, 0.3) is 0 Å². The monoisotopic (exact) mass is 145 g/mol. The molecular formula is C6H11NO3. The molecular weight excluding hydrogens is 134 g/mol. The number of rotatable bonds is 3. The molecule has 0 radical (unpaired) electrons. The first-order valence-corrected chi connectivity index (χ1v) is 3.31. The summed E-state index contributed by atoms with van der Waals surface area (Å²) in [7, 11) is 1.86. The quantitative estimate of drug-likeness (QED) is 0.573. The highest BCUT2D eigenvalue weighted by Gasteiger charge is 2.23. The van der Waals surface area contributed by atoms with Crippen molar-refractivity contribution in [2.45, 2.75) is 12.5 Å². The van der Waals surface area contributed by atoms with E-state index >= 15 is 0 Å². The lowest BCUT2D eigenvalue weighted by atomic mass is 10.3. The maximum atomic E-state index is 10.4. The summed E-state index contributed by atoms with van der Waals surface area (Å²) in [4.78, 5) is 10.4. The summed E-state index contributed by atoms with van der Waals surface area (Å²) in [6.07, 6.45) is 0.239. The number of carbonyl (C=O) groups excluding carboxylic acids is 1. The lowest BCUT2D eigenvalue weighted by molar-refractivity contribution is 0.116. The second-order valence-electron chi connectivity index (χ2n) is 2.19. The Morgan fingerprint density at radius 1 is 1.80 bits per heavy atom. The van der Waals surface area contributed by atoms with Gasteiger partial charge in [-0.05, 0) is 13.6 Å². The highest BCUT2D eigenvalue weighted by Crippen LogP contribution is 2.08. The molecule has 1 aliphatic rings. The van der Waals surface area contributed by atoms with Crippen molar-refractivity contribution in [1.29, 1.82) is 0 Å². The summed E-state index contributed by atoms with van der Waals surface area (Å²) in [6.45, 7) is 1.25. The maximum absolute atomic E-state index is 10.4. The van der Waals surface area contributed by atoms with Crippen LogP contribution >= 0.6 is 0 Å². The first-order valence-electron chi connectivity index (χ1n) is 3.31. The number of ether oxygens (including phenoxy) is 2. The summed E-state index contributed by atoms with van der Waals surface area (Å²) in [5.41, 5.74) is 0. The van der Waals surface area contributed by atoms with Crippen LogP contribution in [0, 0.1) is 0 Å². The van der Waals surface area contributed by atoms with Gasteiger partial charge in [-0.15, -0.1) is 0 Å². The average molecular weight is 145 g/mol. The molecule has 0 spiro atoms. The van der Waals surface area contributed by atoms with Crippen LogP contribution in [0.1, 0.15) is 6.42 Å². The van der Waals surface area contributed by atoms with Crippen LogP contribution in [0.2, 0.25) is 0 Å². The maximum Gasteiger partial charge on any atom is 0.508 e. The Hall–Kier alpha value is -0.770. The largest absolute Gasteiger partial charge is 0.508 e. The minimum Gasteiger partial charge on any atom is -0.430 e. The van der Waals surface area contributed by atoms with Crippen LogP contribution in [0.15, 0.2) is 0 Å². The zero-order valence-electron chi connectivity index (χ0n) is 5.92. The highest BCUT2D eigenvalue weighted by molar-refractivity contribution is 5.61. The van der Waals surface area contributed by atoms with Crippen LogP contribution in [0.4, 0.5) is 4.79 Å². The van der Waals surface area contributed by atoms with Crippen molar-refractivity contribution in [2.24, 2.45) is 0 Å². The van der Waals surface area contributed by atoms with Gasteiger partial charge in [-0.2, -0.15) is 0 Å². The second-order valence-corrected chi connectivity index (χ2v) is 2.19. The standard InChI is InChI=1S/C6H11NO3/c1-7-3-2-5-4-9-6(8)10-5/h5,7H,2-4H2,1H3. The third kappa shape index (κ3) is 1.88. The molecule has 0 aromatic rings. The first-order chi connectivity index (χ1) is 4.83. The number of cyclic esters (lactones) is 2. The van der Waals surface area contributed by atoms with Gasteiger partial charge in [0, 0.05) is 6.42 Å². The van der Waals surface area contributed by atoms with Crippen molar-refractivity contribution in [2.75, 3.05) is 20.2 Å². The fourth-order valence-corrected chi connectivity index (χ4v) is 0.813. The molecule has 4 nitrogen and oxygen atoms in total. The van der Waals surface area contributed by atoms with Crippen LogP contribution < -0.4 is 5.32 Å². The van der Waals surface area contributed by atoms with E-state index in [1.54, 1.807) is 0 Å². The van der Waals surface area contributed by atoms with Crippen LogP contribution in [-0.2, 0) is 9.47 Å². The molecule has 0 bridgehead atoms. The zero-order chi connectivity index (χ0) is 7.40. The second kappa shape index (κ2) is 3.41. The molecule has 0 aromatic heterocycles. The summed E-state index contributed by atoms with van der Waals surface area (Å²) < 4.78 is 9.34. The van der Waals surface area contributed by atoms with Crippen molar-refractivity contribution in [3.8, 4) is 0 Å². The predicted molar refractivity (Wildman–Crippen MR) is 34.8 cm³/mol. The Morgan fingerprint density at radius 3 is 3.10 bits per heavy atom. The Kier molecular flexibility index (Phi) is 2.50. The molecule has 58 valence electrons. The predicted octanol–water partition coefficient (Wildman–Crippen LogP) is 0.131. The van der Waals surface area contributed by atoms with Gasteiger partial charge in [0.05, 0.1) is 0 Å². The normalized spacial score (nSPS) is 24.1. The molecule has 1 aliphatic heterocycles. The van der Waals surface area contributed by atoms with E-state index in [1.165, 1.54) is 0 Å². The molecule has 10 heavy (non-hydrogen) atoms. The number of carbonyl (C=O) groups is 1. The lowest BCUT2D eigenvalue weighted by Gasteiger charge is -2.03. The summed E-state index contributed by atoms with van der Waals surface area (Å²) >= 11 is 0. The van der Waals surface area contributed by atoms with Crippen LogP contribution in [-0.4, -0.2) is 32.5 Å². The molecule has 1 heterocycles. The lowest BCUT2D eigenvalue weighted by Crippen LogP contribution is -2.18. The topological polar surface area (TPSA) is 47.6 Å². The van der Waals surface area contributed by atoms with Gasteiger partial charge >= 0.3 is 6.16 Å². The molecule has 0 aromatic carbocycles. The van der Waals surface area contributed by atoms with E-state index in [2.05, 4.69) is 10.1 Å². The molecule has 1 rings (SSSR count). The Morgan fingerprint density at radius 2 is 2.60 bits per heavy atom. The first kappa shape index (κ1) is 7.34. The minimum absolute atomic E-state index is 0.0417. The van der Waals surface area contributed by atoms with E-state index in [0.29, 0.717) is 6.61 Å². The van der Waals surface area contributed by atoms with E-state index in [4.69, 9.17) is 4.74 Å². The molecule has 0 amide bonds. The van der Waals surface area contributed by atoms with Gasteiger partial charge in [-0.1, -0.05) is 0 Å². The van der Waals surface area contributed by atoms with Gasteiger partial charge < -0.3 is 14.8 Å². The smallest absolute Gasteiger partial charge is 0.430 e. The van der Waals surface area contributed by atoms with E-state index in [9.17, 15) is 4.79 Å². The molecule has 4 heteroatoms. The molecule has 1 fully saturated rings. The average Bonchev–Trinajstić information content (AvgIpc) is 2.31. The molecule has 1 N–H and O–H groups in total. The summed E-state index contributed by atoms with van der Waals surface area (Å²) in [5.74, 6) is 0. The Bertz CT molecular complexity index is 126. The molecule has 1 saturated heterocycles. The van der Waals surface area contributed by atoms with Crippen LogP contribution in [0.3, 0.4) is 0 Å². The van der Waals surface area contributed by atoms with Crippen molar-refractivity contribution >= 4 is 6.16 Å². The van der Waals surface area contributed by atoms with Crippen LogP contribution in [0.5, 0.6) is 0 Å². The van der Waals surface area contributed by atoms with Gasteiger partial charge in [0.1, 0.15) is 12.7 Å². The van der Waals surface area contributed by atoms with Gasteiger partial charge in [0.2, 0.25) is 0 Å². The third-order valence-electron chi connectivity index (χ3n) is 1.37. The summed E-state index contributed by atoms with van der Waals surface area (Å²) in [5, 5.41) is 2.96. The van der Waals surface area contributed by atoms with Crippen molar-refractivity contribution in [3.05, 3.63) is 0 Å². The molecule has 0 saturated carbocycles.